The molecule has 0 amide bonds. The van der Waals surface area contributed by atoms with Gasteiger partial charge in [0, 0.05) is 11.1 Å². The van der Waals surface area contributed by atoms with Gasteiger partial charge >= 0.3 is 0 Å². The lowest BCUT2D eigenvalue weighted by Gasteiger charge is -2.06. The number of aryl methyl sites for hydroxylation is 1. The normalized spacial score (nSPS) is 10.7. The Balaban J connectivity index is 2.19. The van der Waals surface area contributed by atoms with Crippen LogP contribution in [0.2, 0.25) is 0 Å². The van der Waals surface area contributed by atoms with Crippen molar-refractivity contribution in [2.75, 3.05) is 6.61 Å². The first-order valence-electron chi connectivity index (χ1n) is 6.71. The van der Waals surface area contributed by atoms with Gasteiger partial charge in [0.2, 0.25) is 0 Å². The summed E-state index contributed by atoms with van der Waals surface area (Å²) in [5, 5.41) is 0. The minimum atomic E-state index is 0.00000142. The van der Waals surface area contributed by atoms with Crippen molar-refractivity contribution < 1.29 is 9.53 Å². The molecule has 0 atom stereocenters. The zero-order valence-corrected chi connectivity index (χ0v) is 11.8. The summed E-state index contributed by atoms with van der Waals surface area (Å²) < 4.78 is 5.53. The molecule has 102 valence electrons. The van der Waals surface area contributed by atoms with Gasteiger partial charge < -0.3 is 4.74 Å². The van der Waals surface area contributed by atoms with Crippen LogP contribution in [0.1, 0.15) is 28.4 Å². The molecule has 0 radical (unpaired) electrons. The maximum atomic E-state index is 12.1. The molecule has 2 aromatic rings. The van der Waals surface area contributed by atoms with Crippen molar-refractivity contribution in [1.82, 2.24) is 0 Å². The zero-order chi connectivity index (χ0) is 14.4. The van der Waals surface area contributed by atoms with E-state index in [9.17, 15) is 4.79 Å². The molecule has 2 rings (SSSR count). The van der Waals surface area contributed by atoms with E-state index in [1.165, 1.54) is 0 Å². The summed E-state index contributed by atoms with van der Waals surface area (Å²) in [5.41, 5.74) is 2.70. The fraction of sp³-hybridized carbons (Fsp3) is 0.167. The third-order valence-electron chi connectivity index (χ3n) is 2.94. The van der Waals surface area contributed by atoms with Gasteiger partial charge in [-0.05, 0) is 38.1 Å². The molecule has 0 saturated heterocycles. The summed E-state index contributed by atoms with van der Waals surface area (Å²) in [6.45, 7) is 4.53. The molecule has 0 bridgehead atoms. The molecule has 0 aliphatic carbocycles. The van der Waals surface area contributed by atoms with Crippen LogP contribution in [0.4, 0.5) is 0 Å². The number of carbonyl (C=O) groups excluding carboxylic acids is 1. The maximum Gasteiger partial charge on any atom is 0.185 e. The summed E-state index contributed by atoms with van der Waals surface area (Å²) in [6.07, 6.45) is 3.39. The highest BCUT2D eigenvalue weighted by atomic mass is 16.5. The summed E-state index contributed by atoms with van der Waals surface area (Å²) in [6, 6.07) is 15.3. The van der Waals surface area contributed by atoms with Gasteiger partial charge in [0.15, 0.2) is 5.78 Å². The van der Waals surface area contributed by atoms with Gasteiger partial charge in [-0.1, -0.05) is 42.0 Å². The largest absolute Gasteiger partial charge is 0.493 e. The van der Waals surface area contributed by atoms with E-state index < -0.39 is 0 Å². The van der Waals surface area contributed by atoms with E-state index in [0.717, 1.165) is 16.9 Å². The third kappa shape index (κ3) is 3.58. The summed E-state index contributed by atoms with van der Waals surface area (Å²) in [4.78, 5) is 12.1. The maximum absolute atomic E-state index is 12.1. The average Bonchev–Trinajstić information content (AvgIpc) is 2.46. The molecular formula is C18H18O2. The zero-order valence-electron chi connectivity index (χ0n) is 11.8. The smallest absolute Gasteiger partial charge is 0.185 e. The van der Waals surface area contributed by atoms with Crippen LogP contribution in [0.3, 0.4) is 0 Å². The number of para-hydroxylation sites is 1. The fourth-order valence-electron chi connectivity index (χ4n) is 1.97. The highest BCUT2D eigenvalue weighted by Gasteiger charge is 2.03. The molecule has 0 spiro atoms. The Bertz CT molecular complexity index is 627. The second-order valence-corrected chi connectivity index (χ2v) is 4.54. The van der Waals surface area contributed by atoms with Crippen molar-refractivity contribution in [2.24, 2.45) is 0 Å². The van der Waals surface area contributed by atoms with Gasteiger partial charge in [0.1, 0.15) is 5.75 Å². The molecule has 0 fully saturated rings. The first-order valence-corrected chi connectivity index (χ1v) is 6.71. The molecule has 0 aliphatic heterocycles. The summed E-state index contributed by atoms with van der Waals surface area (Å²) in [5.74, 6) is 0.795. The van der Waals surface area contributed by atoms with Crippen LogP contribution in [0.5, 0.6) is 5.75 Å². The quantitative estimate of drug-likeness (QED) is 0.596. The number of ketones is 1. The van der Waals surface area contributed by atoms with Gasteiger partial charge in [0.25, 0.3) is 0 Å². The average molecular weight is 266 g/mol. The van der Waals surface area contributed by atoms with Crippen molar-refractivity contribution in [1.29, 1.82) is 0 Å². The van der Waals surface area contributed by atoms with Crippen molar-refractivity contribution in [3.05, 3.63) is 71.3 Å². The topological polar surface area (TPSA) is 26.3 Å². The summed E-state index contributed by atoms with van der Waals surface area (Å²) in [7, 11) is 0. The highest BCUT2D eigenvalue weighted by Crippen LogP contribution is 2.19. The Morgan fingerprint density at radius 2 is 1.95 bits per heavy atom. The van der Waals surface area contributed by atoms with E-state index in [2.05, 4.69) is 0 Å². The number of ether oxygens (including phenoxy) is 1. The number of allylic oxidation sites excluding steroid dienone is 1. The molecule has 2 aromatic carbocycles. The van der Waals surface area contributed by atoms with Gasteiger partial charge in [-0.25, -0.2) is 0 Å². The van der Waals surface area contributed by atoms with E-state index >= 15 is 0 Å². The Kier molecular flexibility index (Phi) is 4.72. The number of carbonyl (C=O) groups is 1. The van der Waals surface area contributed by atoms with Crippen molar-refractivity contribution in [2.45, 2.75) is 13.8 Å². The Labute approximate surface area is 119 Å². The molecule has 0 saturated carbocycles. The van der Waals surface area contributed by atoms with Gasteiger partial charge in [-0.2, -0.15) is 0 Å². The number of rotatable bonds is 5. The van der Waals surface area contributed by atoms with E-state index in [0.29, 0.717) is 12.2 Å². The standard InChI is InChI=1S/C18H18O2/c1-3-20-18-10-5-4-8-15(18)11-12-17(19)16-9-6-7-14(2)13-16/h4-13H,3H2,1-2H3/b12-11+. The first kappa shape index (κ1) is 14.1. The molecule has 0 aliphatic rings. The molecule has 2 heteroatoms. The molecular weight excluding hydrogens is 248 g/mol. The van der Waals surface area contributed by atoms with Crippen LogP contribution in [-0.2, 0) is 0 Å². The van der Waals surface area contributed by atoms with E-state index in [1.807, 2.05) is 62.4 Å². The van der Waals surface area contributed by atoms with Crippen LogP contribution >= 0.6 is 0 Å². The number of benzene rings is 2. The lowest BCUT2D eigenvalue weighted by molar-refractivity contribution is 0.104. The molecule has 0 heterocycles. The van der Waals surface area contributed by atoms with Crippen LogP contribution in [-0.4, -0.2) is 12.4 Å². The minimum absolute atomic E-state index is 0.00000142. The molecule has 20 heavy (non-hydrogen) atoms. The minimum Gasteiger partial charge on any atom is -0.493 e. The SMILES string of the molecule is CCOc1ccccc1/C=C/C(=O)c1cccc(C)c1. The third-order valence-corrected chi connectivity index (χ3v) is 2.94. The Hall–Kier alpha value is -2.35. The van der Waals surface area contributed by atoms with Crippen LogP contribution in [0, 0.1) is 6.92 Å². The second-order valence-electron chi connectivity index (χ2n) is 4.54. The lowest BCUT2D eigenvalue weighted by Crippen LogP contribution is -1.96. The molecule has 2 nitrogen and oxygen atoms in total. The second kappa shape index (κ2) is 6.71. The predicted molar refractivity (Wildman–Crippen MR) is 82.2 cm³/mol. The lowest BCUT2D eigenvalue weighted by atomic mass is 10.1. The fourth-order valence-corrected chi connectivity index (χ4v) is 1.97. The van der Waals surface area contributed by atoms with Crippen LogP contribution < -0.4 is 4.74 Å². The van der Waals surface area contributed by atoms with Crippen molar-refractivity contribution in [3.8, 4) is 5.75 Å². The van der Waals surface area contributed by atoms with E-state index in [-0.39, 0.29) is 5.78 Å². The number of hydrogen-bond donors (Lipinski definition) is 0. The van der Waals surface area contributed by atoms with Gasteiger partial charge in [-0.15, -0.1) is 0 Å². The molecule has 0 aromatic heterocycles. The monoisotopic (exact) mass is 266 g/mol. The Morgan fingerprint density at radius 3 is 2.70 bits per heavy atom. The van der Waals surface area contributed by atoms with Crippen molar-refractivity contribution in [3.63, 3.8) is 0 Å². The van der Waals surface area contributed by atoms with Gasteiger partial charge in [-0.3, -0.25) is 4.79 Å². The van der Waals surface area contributed by atoms with Crippen LogP contribution in [0.25, 0.3) is 6.08 Å². The molecule has 0 unspecified atom stereocenters. The van der Waals surface area contributed by atoms with E-state index in [4.69, 9.17) is 4.74 Å². The van der Waals surface area contributed by atoms with Crippen LogP contribution in [0.15, 0.2) is 54.6 Å². The first-order chi connectivity index (χ1) is 9.70. The van der Waals surface area contributed by atoms with E-state index in [1.54, 1.807) is 12.2 Å². The predicted octanol–water partition coefficient (Wildman–Crippen LogP) is 4.29. The van der Waals surface area contributed by atoms with Crippen molar-refractivity contribution >= 4 is 11.9 Å². The number of hydrogen-bond acceptors (Lipinski definition) is 2. The Morgan fingerprint density at radius 1 is 1.15 bits per heavy atom. The van der Waals surface area contributed by atoms with Gasteiger partial charge in [0.05, 0.1) is 6.61 Å². The highest BCUT2D eigenvalue weighted by molar-refractivity contribution is 6.07. The summed E-state index contributed by atoms with van der Waals surface area (Å²) >= 11 is 0. The molecule has 0 N–H and O–H groups in total.